The van der Waals surface area contributed by atoms with Crippen LogP contribution in [0.15, 0.2) is 30.4 Å². The monoisotopic (exact) mass is 604 g/mol. The number of fused-ring (bicyclic) bond motifs is 7. The highest BCUT2D eigenvalue weighted by molar-refractivity contribution is 5.87. The molecule has 5 saturated carbocycles. The number of hydrogen-bond acceptors (Lipinski definition) is 5. The van der Waals surface area contributed by atoms with Gasteiger partial charge in [0.25, 0.3) is 0 Å². The predicted molar refractivity (Wildman–Crippen MR) is 175 cm³/mol. The van der Waals surface area contributed by atoms with Crippen molar-refractivity contribution in [1.29, 1.82) is 0 Å². The van der Waals surface area contributed by atoms with Gasteiger partial charge in [-0.15, -0.1) is 0 Å². The number of rotatable bonds is 5. The van der Waals surface area contributed by atoms with Crippen molar-refractivity contribution in [3.8, 4) is 17.2 Å². The molecule has 242 valence electrons. The number of allylic oxidation sites excluding steroid dienone is 1. The molecule has 0 heterocycles. The Kier molecular flexibility index (Phi) is 7.77. The Balaban J connectivity index is 1.18. The summed E-state index contributed by atoms with van der Waals surface area (Å²) in [6.45, 7) is 19.4. The van der Waals surface area contributed by atoms with Gasteiger partial charge < -0.3 is 19.7 Å². The minimum atomic E-state index is -0.367. The van der Waals surface area contributed by atoms with E-state index in [2.05, 4.69) is 48.1 Å². The van der Waals surface area contributed by atoms with E-state index in [0.717, 1.165) is 36.5 Å². The number of phenols is 2. The first-order valence-electron chi connectivity index (χ1n) is 17.3. The van der Waals surface area contributed by atoms with Crippen molar-refractivity contribution in [2.24, 2.45) is 57.2 Å². The molecule has 0 radical (unpaired) electrons. The van der Waals surface area contributed by atoms with Crippen molar-refractivity contribution in [3.63, 3.8) is 0 Å². The van der Waals surface area contributed by atoms with Crippen LogP contribution in [0.1, 0.15) is 111 Å². The molecule has 0 saturated heterocycles. The molecule has 5 heteroatoms. The zero-order valence-electron chi connectivity index (χ0n) is 28.2. The van der Waals surface area contributed by atoms with E-state index in [4.69, 9.17) is 9.47 Å². The van der Waals surface area contributed by atoms with Crippen LogP contribution in [0, 0.1) is 57.2 Å². The molecule has 6 rings (SSSR count). The summed E-state index contributed by atoms with van der Waals surface area (Å²) in [7, 11) is 1.42. The van der Waals surface area contributed by atoms with Gasteiger partial charge in [-0.1, -0.05) is 46.8 Å². The lowest BCUT2D eigenvalue weighted by atomic mass is 9.37. The second-order valence-electron chi connectivity index (χ2n) is 16.9. The van der Waals surface area contributed by atoms with Gasteiger partial charge in [0.15, 0.2) is 11.5 Å². The van der Waals surface area contributed by atoms with Crippen molar-refractivity contribution >= 4 is 12.0 Å². The Morgan fingerprint density at radius 2 is 1.57 bits per heavy atom. The third-order valence-electron chi connectivity index (χ3n) is 14.6. The van der Waals surface area contributed by atoms with Crippen LogP contribution in [0.3, 0.4) is 0 Å². The first-order chi connectivity index (χ1) is 20.7. The molecule has 4 unspecified atom stereocenters. The number of methoxy groups -OCH3 is 1. The third-order valence-corrected chi connectivity index (χ3v) is 14.6. The van der Waals surface area contributed by atoms with E-state index in [-0.39, 0.29) is 40.2 Å². The van der Waals surface area contributed by atoms with Crippen LogP contribution >= 0.6 is 0 Å². The minimum Gasteiger partial charge on any atom is -0.504 e. The maximum atomic E-state index is 13.1. The van der Waals surface area contributed by atoms with E-state index in [9.17, 15) is 15.0 Å². The molecule has 5 aliphatic carbocycles. The number of hydrogen-bond donors (Lipinski definition) is 2. The molecular weight excluding hydrogens is 548 g/mol. The summed E-state index contributed by atoms with van der Waals surface area (Å²) in [5.74, 6) is 3.56. The van der Waals surface area contributed by atoms with Gasteiger partial charge >= 0.3 is 5.97 Å². The second-order valence-corrected chi connectivity index (χ2v) is 16.9. The molecule has 5 aliphatic rings. The number of benzene rings is 1. The van der Waals surface area contributed by atoms with Crippen LogP contribution < -0.4 is 4.74 Å². The number of esters is 1. The Morgan fingerprint density at radius 1 is 0.886 bits per heavy atom. The van der Waals surface area contributed by atoms with Gasteiger partial charge in [-0.05, 0) is 147 Å². The SMILES string of the molecule is C=C(C)C1CC[C@]2(C)CC[C@]3(C)C(CC[C@H]4[C@H]3CCC3C(C)(C)[C@@H](OC(=O)/C=C/c5cc(O)c(O)c(OC)c5)CC[C@@]34C)C12. The molecule has 1 aromatic rings. The highest BCUT2D eigenvalue weighted by Crippen LogP contribution is 2.73. The Morgan fingerprint density at radius 3 is 2.27 bits per heavy atom. The zero-order chi connectivity index (χ0) is 31.8. The molecule has 44 heavy (non-hydrogen) atoms. The van der Waals surface area contributed by atoms with E-state index in [1.54, 1.807) is 12.1 Å². The van der Waals surface area contributed by atoms with Crippen molar-refractivity contribution in [2.45, 2.75) is 112 Å². The van der Waals surface area contributed by atoms with E-state index in [1.807, 2.05) is 0 Å². The fraction of sp³-hybridized carbons (Fsp3) is 0.718. The smallest absolute Gasteiger partial charge is 0.331 e. The van der Waals surface area contributed by atoms with E-state index in [1.165, 1.54) is 76.2 Å². The number of phenolic OH excluding ortho intramolecular Hbond substituents is 2. The van der Waals surface area contributed by atoms with E-state index < -0.39 is 0 Å². The standard InChI is InChI=1S/C39H56O5/c1-23(2)25-15-17-37(5)19-20-38(6)26-12-13-31-36(3,4)32(16-18-39(31,7)27(26)10-11-28(38)34(25)37)44-33(41)14-9-24-21-29(40)35(42)30(22-24)43-8/h9,14,21-22,25-28,31-32,34,40,42H,1,10-13,15-20H2,2-8H3/b14-9+/t25?,26-,27+,28?,31?,32+,34?,37-,38+,39-/m1/s1. The van der Waals surface area contributed by atoms with Crippen LogP contribution in [-0.2, 0) is 9.53 Å². The Hall–Kier alpha value is -2.43. The summed E-state index contributed by atoms with van der Waals surface area (Å²) < 4.78 is 11.3. The summed E-state index contributed by atoms with van der Waals surface area (Å²) >= 11 is 0. The van der Waals surface area contributed by atoms with E-state index >= 15 is 0 Å². The molecule has 10 atom stereocenters. The molecule has 0 aliphatic heterocycles. The minimum absolute atomic E-state index is 0.110. The second kappa shape index (κ2) is 10.8. The molecule has 5 nitrogen and oxygen atoms in total. The fourth-order valence-electron chi connectivity index (χ4n) is 12.4. The Labute approximate surface area is 265 Å². The van der Waals surface area contributed by atoms with Crippen molar-refractivity contribution in [1.82, 2.24) is 0 Å². The van der Waals surface area contributed by atoms with Gasteiger partial charge in [-0.3, -0.25) is 0 Å². The average molecular weight is 605 g/mol. The normalized spacial score (nSPS) is 42.5. The summed E-state index contributed by atoms with van der Waals surface area (Å²) in [5, 5.41) is 19.9. The molecule has 0 amide bonds. The van der Waals surface area contributed by atoms with Crippen molar-refractivity contribution in [2.75, 3.05) is 7.11 Å². The molecule has 1 aromatic carbocycles. The van der Waals surface area contributed by atoms with Gasteiger partial charge in [0.2, 0.25) is 5.75 Å². The third kappa shape index (κ3) is 4.73. The number of ether oxygens (including phenoxy) is 2. The quantitative estimate of drug-likeness (QED) is 0.152. The largest absolute Gasteiger partial charge is 0.504 e. The van der Waals surface area contributed by atoms with E-state index in [0.29, 0.717) is 28.2 Å². The number of carbonyl (C=O) groups excluding carboxylic acids is 1. The zero-order valence-corrected chi connectivity index (χ0v) is 28.2. The molecule has 0 bridgehead atoms. The fourth-order valence-corrected chi connectivity index (χ4v) is 12.4. The van der Waals surface area contributed by atoms with Gasteiger partial charge in [0.1, 0.15) is 6.10 Å². The van der Waals surface area contributed by atoms with Gasteiger partial charge in [-0.25, -0.2) is 4.79 Å². The highest BCUT2D eigenvalue weighted by atomic mass is 16.5. The molecule has 0 aromatic heterocycles. The van der Waals surface area contributed by atoms with Crippen LogP contribution in [0.25, 0.3) is 6.08 Å². The number of aromatic hydroxyl groups is 2. The Bertz CT molecular complexity index is 1340. The lowest BCUT2D eigenvalue weighted by Crippen LogP contribution is -2.62. The maximum absolute atomic E-state index is 13.1. The summed E-state index contributed by atoms with van der Waals surface area (Å²) in [4.78, 5) is 13.1. The lowest BCUT2D eigenvalue weighted by Gasteiger charge is -2.68. The molecular formula is C39H56O5. The van der Waals surface area contributed by atoms with Gasteiger partial charge in [0.05, 0.1) is 7.11 Å². The highest BCUT2D eigenvalue weighted by Gasteiger charge is 2.66. The lowest BCUT2D eigenvalue weighted by molar-refractivity contribution is -0.212. The first-order valence-corrected chi connectivity index (χ1v) is 17.3. The van der Waals surface area contributed by atoms with Crippen LogP contribution in [0.4, 0.5) is 0 Å². The number of carbonyl (C=O) groups is 1. The first kappa shape index (κ1) is 31.5. The van der Waals surface area contributed by atoms with Crippen molar-refractivity contribution < 1.29 is 24.5 Å². The van der Waals surface area contributed by atoms with Gasteiger partial charge in [0, 0.05) is 11.5 Å². The molecule has 5 fully saturated rings. The van der Waals surface area contributed by atoms with Gasteiger partial charge in [-0.2, -0.15) is 0 Å². The topological polar surface area (TPSA) is 76.0 Å². The molecule has 0 spiro atoms. The summed E-state index contributed by atoms with van der Waals surface area (Å²) in [6, 6.07) is 2.99. The average Bonchev–Trinajstić information content (AvgIpc) is 3.33. The van der Waals surface area contributed by atoms with Crippen molar-refractivity contribution in [3.05, 3.63) is 35.9 Å². The summed E-state index contributed by atoms with van der Waals surface area (Å²) in [6.07, 6.45) is 15.6. The van der Waals surface area contributed by atoms with Crippen LogP contribution in [-0.4, -0.2) is 29.4 Å². The maximum Gasteiger partial charge on any atom is 0.331 e. The summed E-state index contributed by atoms with van der Waals surface area (Å²) in [5.41, 5.74) is 3.05. The predicted octanol–water partition coefficient (Wildman–Crippen LogP) is 9.32. The molecule has 2 N–H and O–H groups in total. The van der Waals surface area contributed by atoms with Crippen LogP contribution in [0.2, 0.25) is 0 Å². The van der Waals surface area contributed by atoms with Crippen LogP contribution in [0.5, 0.6) is 17.2 Å².